The molecule has 0 aliphatic carbocycles. The lowest BCUT2D eigenvalue weighted by Crippen LogP contribution is -2.22. The molecule has 0 amide bonds. The molecule has 0 heterocycles. The highest BCUT2D eigenvalue weighted by molar-refractivity contribution is 5.39. The number of rotatable bonds is 9. The largest absolute Gasteiger partial charge is 0.488 e. The van der Waals surface area contributed by atoms with E-state index in [0.717, 1.165) is 36.5 Å². The van der Waals surface area contributed by atoms with Crippen LogP contribution >= 0.6 is 0 Å². The Morgan fingerprint density at radius 3 is 0.953 bits per heavy atom. The summed E-state index contributed by atoms with van der Waals surface area (Å²) < 4.78 is 12.1. The quantitative estimate of drug-likeness (QED) is 0.176. The molecule has 43 heavy (non-hydrogen) atoms. The monoisotopic (exact) mass is 568 g/mol. The highest BCUT2D eigenvalue weighted by Crippen LogP contribution is 2.26. The molecule has 0 spiro atoms. The zero-order valence-corrected chi connectivity index (χ0v) is 26.5. The molecule has 220 valence electrons. The minimum absolute atomic E-state index is 0.188. The van der Waals surface area contributed by atoms with E-state index < -0.39 is 0 Å². The molecule has 0 fully saturated rings. The second-order valence-corrected chi connectivity index (χ2v) is 13.5. The van der Waals surface area contributed by atoms with Gasteiger partial charge < -0.3 is 9.47 Å². The fraction of sp³-hybridized carbons (Fsp3) is 0.268. The van der Waals surface area contributed by atoms with Gasteiger partial charge in [0, 0.05) is 0 Å². The molecule has 0 atom stereocenters. The molecule has 0 bridgehead atoms. The number of benzene rings is 5. The average Bonchev–Trinajstić information content (AvgIpc) is 2.96. The van der Waals surface area contributed by atoms with Gasteiger partial charge in [0.1, 0.15) is 22.8 Å². The molecule has 5 rings (SSSR count). The van der Waals surface area contributed by atoms with Crippen LogP contribution in [-0.2, 0) is 24.7 Å². The summed E-state index contributed by atoms with van der Waals surface area (Å²) in [5, 5.41) is 0. The highest BCUT2D eigenvalue weighted by Gasteiger charge is 2.13. The maximum atomic E-state index is 6.13. The predicted molar refractivity (Wildman–Crippen MR) is 180 cm³/mol. The summed E-state index contributed by atoms with van der Waals surface area (Å²) in [4.78, 5) is 0. The first-order valence-electron chi connectivity index (χ1n) is 15.3. The van der Waals surface area contributed by atoms with Crippen LogP contribution in [0.2, 0.25) is 0 Å². The Balaban J connectivity index is 1.11. The van der Waals surface area contributed by atoms with Gasteiger partial charge in [0.25, 0.3) is 0 Å². The number of hydrogen-bond acceptors (Lipinski definition) is 2. The summed E-state index contributed by atoms with van der Waals surface area (Å²) in [6.45, 7) is 13.0. The minimum atomic E-state index is -0.190. The Labute approximate surface area is 258 Å². The summed E-state index contributed by atoms with van der Waals surface area (Å²) in [5.41, 5.74) is 9.15. The second-order valence-electron chi connectivity index (χ2n) is 13.5. The minimum Gasteiger partial charge on any atom is -0.488 e. The Hall–Kier alpha value is -4.30. The molecule has 2 nitrogen and oxygen atoms in total. The molecule has 0 unspecified atom stereocenters. The molecule has 0 saturated carbocycles. The summed E-state index contributed by atoms with van der Waals surface area (Å²) >= 11 is 0. The van der Waals surface area contributed by atoms with Crippen molar-refractivity contribution in [2.24, 2.45) is 0 Å². The van der Waals surface area contributed by atoms with E-state index in [9.17, 15) is 0 Å². The van der Waals surface area contributed by atoms with Crippen LogP contribution in [0, 0.1) is 0 Å². The fourth-order valence-electron chi connectivity index (χ4n) is 5.12. The van der Waals surface area contributed by atoms with Crippen LogP contribution in [0.1, 0.15) is 80.5 Å². The number of hydrogen-bond donors (Lipinski definition) is 0. The van der Waals surface area contributed by atoms with E-state index in [4.69, 9.17) is 9.47 Å². The summed E-state index contributed by atoms with van der Waals surface area (Å²) in [5.74, 6) is 2.59. The van der Waals surface area contributed by atoms with E-state index in [1.54, 1.807) is 0 Å². The van der Waals surface area contributed by atoms with Crippen molar-refractivity contribution < 1.29 is 9.47 Å². The first kappa shape index (κ1) is 30.2. The molecule has 5 aromatic rings. The lowest BCUT2D eigenvalue weighted by Gasteiger charge is -2.21. The first-order chi connectivity index (χ1) is 20.5. The Kier molecular flexibility index (Phi) is 9.06. The molecular formula is C41H44O2. The van der Waals surface area contributed by atoms with Gasteiger partial charge >= 0.3 is 0 Å². The maximum Gasteiger partial charge on any atom is 0.127 e. The van der Waals surface area contributed by atoms with Crippen LogP contribution < -0.4 is 9.47 Å². The van der Waals surface area contributed by atoms with Crippen molar-refractivity contribution in [1.82, 2.24) is 0 Å². The third-order valence-electron chi connectivity index (χ3n) is 7.50. The van der Waals surface area contributed by atoms with Crippen LogP contribution in [0.5, 0.6) is 17.2 Å². The SMILES string of the molecule is CC(C)(C)Oc1ccc(Cc2ccc(Oc3ccc(Cc4ccc(Cc5ccc(C(C)(C)C)cc5)cc4)cc3)cc2)cc1. The van der Waals surface area contributed by atoms with E-state index >= 15 is 0 Å². The molecule has 0 radical (unpaired) electrons. The van der Waals surface area contributed by atoms with Crippen LogP contribution in [0.15, 0.2) is 121 Å². The summed E-state index contributed by atoms with van der Waals surface area (Å²) in [6.07, 6.45) is 2.73. The van der Waals surface area contributed by atoms with Crippen LogP contribution in [0.3, 0.4) is 0 Å². The van der Waals surface area contributed by atoms with Gasteiger partial charge in [0.05, 0.1) is 0 Å². The topological polar surface area (TPSA) is 18.5 Å². The van der Waals surface area contributed by atoms with Crippen molar-refractivity contribution in [2.45, 2.75) is 71.8 Å². The van der Waals surface area contributed by atoms with Crippen molar-refractivity contribution >= 4 is 0 Å². The van der Waals surface area contributed by atoms with Crippen LogP contribution in [-0.4, -0.2) is 5.60 Å². The Morgan fingerprint density at radius 1 is 0.372 bits per heavy atom. The van der Waals surface area contributed by atoms with Gasteiger partial charge in [0.15, 0.2) is 0 Å². The van der Waals surface area contributed by atoms with Gasteiger partial charge in [-0.25, -0.2) is 0 Å². The molecule has 0 aliphatic heterocycles. The molecule has 5 aromatic carbocycles. The lowest BCUT2D eigenvalue weighted by molar-refractivity contribution is 0.131. The Morgan fingerprint density at radius 2 is 0.651 bits per heavy atom. The van der Waals surface area contributed by atoms with E-state index in [1.165, 1.54) is 38.9 Å². The highest BCUT2D eigenvalue weighted by atomic mass is 16.5. The molecule has 0 saturated heterocycles. The van der Waals surface area contributed by atoms with Gasteiger partial charge in [-0.1, -0.05) is 106 Å². The summed E-state index contributed by atoms with van der Waals surface area (Å²) in [6, 6.07) is 43.2. The zero-order chi connectivity index (χ0) is 30.5. The van der Waals surface area contributed by atoms with E-state index in [0.29, 0.717) is 0 Å². The van der Waals surface area contributed by atoms with Crippen molar-refractivity contribution in [3.8, 4) is 17.2 Å². The van der Waals surface area contributed by atoms with E-state index in [-0.39, 0.29) is 11.0 Å². The lowest BCUT2D eigenvalue weighted by atomic mass is 9.86. The second kappa shape index (κ2) is 12.9. The molecule has 0 aromatic heterocycles. The van der Waals surface area contributed by atoms with Crippen molar-refractivity contribution in [3.63, 3.8) is 0 Å². The Bertz CT molecular complexity index is 1580. The zero-order valence-electron chi connectivity index (χ0n) is 26.5. The van der Waals surface area contributed by atoms with Crippen molar-refractivity contribution in [2.75, 3.05) is 0 Å². The van der Waals surface area contributed by atoms with Crippen LogP contribution in [0.25, 0.3) is 0 Å². The molecule has 2 heteroatoms. The third-order valence-corrected chi connectivity index (χ3v) is 7.50. The fourth-order valence-corrected chi connectivity index (χ4v) is 5.12. The molecule has 0 N–H and O–H groups in total. The standard InChI is InChI=1S/C41H44O2/c1-40(2,3)36-19-11-32(12-20-36)27-30-7-9-31(10-8-30)28-33-13-21-37(22-14-33)42-38-23-15-34(16-24-38)29-35-17-25-39(26-18-35)43-41(4,5)6/h7-26H,27-29H2,1-6H3. The van der Waals surface area contributed by atoms with E-state index in [2.05, 4.69) is 139 Å². The van der Waals surface area contributed by atoms with Crippen molar-refractivity contribution in [1.29, 1.82) is 0 Å². The van der Waals surface area contributed by atoms with Crippen molar-refractivity contribution in [3.05, 3.63) is 160 Å². The molecule has 0 aliphatic rings. The van der Waals surface area contributed by atoms with E-state index in [1.807, 2.05) is 24.3 Å². The van der Waals surface area contributed by atoms with Gasteiger partial charge in [-0.2, -0.15) is 0 Å². The predicted octanol–water partition coefficient (Wildman–Crippen LogP) is 10.7. The van der Waals surface area contributed by atoms with Gasteiger partial charge in [-0.15, -0.1) is 0 Å². The first-order valence-corrected chi connectivity index (χ1v) is 15.3. The maximum absolute atomic E-state index is 6.13. The summed E-state index contributed by atoms with van der Waals surface area (Å²) in [7, 11) is 0. The average molecular weight is 569 g/mol. The smallest absolute Gasteiger partial charge is 0.127 e. The van der Waals surface area contributed by atoms with Gasteiger partial charge in [0.2, 0.25) is 0 Å². The van der Waals surface area contributed by atoms with Crippen LogP contribution in [0.4, 0.5) is 0 Å². The van der Waals surface area contributed by atoms with Gasteiger partial charge in [-0.05, 0) is 121 Å². The third kappa shape index (κ3) is 9.09. The molecular weight excluding hydrogens is 524 g/mol. The normalized spacial score (nSPS) is 11.8. The van der Waals surface area contributed by atoms with Gasteiger partial charge in [-0.3, -0.25) is 0 Å². The number of ether oxygens (including phenoxy) is 2.